The van der Waals surface area contributed by atoms with Gasteiger partial charge >= 0.3 is 0 Å². The van der Waals surface area contributed by atoms with Crippen molar-refractivity contribution in [1.29, 1.82) is 0 Å². The molecule has 0 amide bonds. The normalized spacial score (nSPS) is 12.7. The van der Waals surface area contributed by atoms with E-state index in [9.17, 15) is 4.39 Å². The van der Waals surface area contributed by atoms with Gasteiger partial charge in [0, 0.05) is 15.4 Å². The quantitative estimate of drug-likeness (QED) is 0.857. The van der Waals surface area contributed by atoms with Gasteiger partial charge in [-0.15, -0.1) is 11.3 Å². The molecule has 2 aromatic rings. The first-order valence-corrected chi connectivity index (χ1v) is 6.95. The zero-order valence-electron chi connectivity index (χ0n) is 8.88. The van der Waals surface area contributed by atoms with Gasteiger partial charge in [0.05, 0.1) is 22.3 Å². The first-order chi connectivity index (χ1) is 8.15. The molecule has 2 rings (SSSR count). The van der Waals surface area contributed by atoms with Gasteiger partial charge in [0.1, 0.15) is 5.82 Å². The van der Waals surface area contributed by atoms with E-state index in [2.05, 4.69) is 26.2 Å². The second-order valence-electron chi connectivity index (χ2n) is 3.40. The van der Waals surface area contributed by atoms with Crippen LogP contribution in [0.15, 0.2) is 27.5 Å². The van der Waals surface area contributed by atoms with Gasteiger partial charge in [-0.25, -0.2) is 9.37 Å². The van der Waals surface area contributed by atoms with E-state index in [1.54, 1.807) is 24.7 Å². The Hall–Kier alpha value is -0.490. The van der Waals surface area contributed by atoms with Crippen LogP contribution in [0.3, 0.4) is 0 Å². The highest BCUT2D eigenvalue weighted by Crippen LogP contribution is 2.32. The molecule has 0 saturated carbocycles. The molecule has 2 nitrogen and oxygen atoms in total. The number of nitrogens with one attached hydrogen (secondary N) is 1. The molecular formula is C11H9BrClFN2S. The highest BCUT2D eigenvalue weighted by Gasteiger charge is 2.20. The summed E-state index contributed by atoms with van der Waals surface area (Å²) in [5, 5.41) is 5.02. The molecule has 1 N–H and O–H groups in total. The summed E-state index contributed by atoms with van der Waals surface area (Å²) in [5.74, 6) is -0.423. The maximum Gasteiger partial charge on any atom is 0.148 e. The number of halogens is 3. The Morgan fingerprint density at radius 1 is 1.53 bits per heavy atom. The smallest absolute Gasteiger partial charge is 0.148 e. The molecule has 0 saturated heterocycles. The van der Waals surface area contributed by atoms with Gasteiger partial charge < -0.3 is 5.32 Å². The molecule has 0 aliphatic carbocycles. The predicted molar refractivity (Wildman–Crippen MR) is 72.1 cm³/mol. The highest BCUT2D eigenvalue weighted by atomic mass is 79.9. The average molecular weight is 336 g/mol. The van der Waals surface area contributed by atoms with Crippen LogP contribution >= 0.6 is 38.9 Å². The number of aromatic nitrogens is 1. The van der Waals surface area contributed by atoms with Crippen LogP contribution in [0.25, 0.3) is 0 Å². The lowest BCUT2D eigenvalue weighted by Gasteiger charge is -2.16. The highest BCUT2D eigenvalue weighted by molar-refractivity contribution is 9.10. The summed E-state index contributed by atoms with van der Waals surface area (Å²) in [6.45, 7) is 0. The van der Waals surface area contributed by atoms with Crippen LogP contribution in [0.5, 0.6) is 0 Å². The third-order valence-electron chi connectivity index (χ3n) is 2.41. The molecule has 1 aromatic carbocycles. The first kappa shape index (κ1) is 13.0. The third kappa shape index (κ3) is 2.52. The van der Waals surface area contributed by atoms with Gasteiger partial charge in [0.15, 0.2) is 0 Å². The van der Waals surface area contributed by atoms with Crippen LogP contribution in [0.4, 0.5) is 4.39 Å². The Bertz CT molecular complexity index is 518. The number of benzene rings is 1. The minimum absolute atomic E-state index is 0.0954. The van der Waals surface area contributed by atoms with E-state index < -0.39 is 5.82 Å². The molecule has 1 atom stereocenters. The molecule has 17 heavy (non-hydrogen) atoms. The molecule has 90 valence electrons. The Morgan fingerprint density at radius 2 is 2.29 bits per heavy atom. The molecule has 0 aliphatic heterocycles. The fraction of sp³-hybridized carbons (Fsp3) is 0.182. The maximum absolute atomic E-state index is 14.1. The van der Waals surface area contributed by atoms with E-state index in [0.717, 1.165) is 5.69 Å². The first-order valence-electron chi connectivity index (χ1n) is 4.84. The van der Waals surface area contributed by atoms with Crippen LogP contribution in [-0.2, 0) is 0 Å². The molecule has 0 bridgehead atoms. The SMILES string of the molecule is CNC(c1cscn1)c1ccc(Br)c(Cl)c1F. The van der Waals surface area contributed by atoms with Gasteiger partial charge in [-0.05, 0) is 29.0 Å². The summed E-state index contributed by atoms with van der Waals surface area (Å²) in [4.78, 5) is 4.19. The summed E-state index contributed by atoms with van der Waals surface area (Å²) in [6, 6.07) is 3.15. The van der Waals surface area contributed by atoms with E-state index in [1.807, 2.05) is 5.38 Å². The second kappa shape index (κ2) is 5.44. The summed E-state index contributed by atoms with van der Waals surface area (Å²) in [5.41, 5.74) is 3.00. The number of hydrogen-bond acceptors (Lipinski definition) is 3. The number of nitrogens with zero attached hydrogens (tertiary/aromatic N) is 1. The molecule has 1 unspecified atom stereocenters. The number of hydrogen-bond donors (Lipinski definition) is 1. The standard InChI is InChI=1S/C11H9BrClFN2S/c1-15-11(8-4-17-5-16-8)6-2-3-7(12)9(13)10(6)14/h2-5,11,15H,1H3. The van der Waals surface area contributed by atoms with Crippen LogP contribution in [-0.4, -0.2) is 12.0 Å². The molecule has 0 radical (unpaired) electrons. The topological polar surface area (TPSA) is 24.9 Å². The lowest BCUT2D eigenvalue weighted by atomic mass is 10.0. The van der Waals surface area contributed by atoms with Crippen LogP contribution < -0.4 is 5.32 Å². The van der Waals surface area contributed by atoms with Crippen LogP contribution in [0.2, 0.25) is 5.02 Å². The van der Waals surface area contributed by atoms with Crippen LogP contribution in [0, 0.1) is 5.82 Å². The van der Waals surface area contributed by atoms with Gasteiger partial charge in [-0.2, -0.15) is 0 Å². The van der Waals surface area contributed by atoms with E-state index in [0.29, 0.717) is 10.0 Å². The Labute approximate surface area is 116 Å². The number of thiazole rings is 1. The van der Waals surface area contributed by atoms with Crippen molar-refractivity contribution in [3.8, 4) is 0 Å². The number of rotatable bonds is 3. The third-order valence-corrected chi connectivity index (χ3v) is 4.28. The summed E-state index contributed by atoms with van der Waals surface area (Å²) < 4.78 is 14.6. The minimum atomic E-state index is -0.423. The molecule has 1 aromatic heterocycles. The average Bonchev–Trinajstić information content (AvgIpc) is 2.84. The van der Waals surface area contributed by atoms with Crippen molar-refractivity contribution in [2.45, 2.75) is 6.04 Å². The van der Waals surface area contributed by atoms with E-state index in [4.69, 9.17) is 11.6 Å². The van der Waals surface area contributed by atoms with Crippen LogP contribution in [0.1, 0.15) is 17.3 Å². The van der Waals surface area contributed by atoms with Gasteiger partial charge in [0.2, 0.25) is 0 Å². The Balaban J connectivity index is 2.49. The zero-order chi connectivity index (χ0) is 12.4. The molecule has 1 heterocycles. The summed E-state index contributed by atoms with van der Waals surface area (Å²) >= 11 is 10.5. The maximum atomic E-state index is 14.1. The molecule has 6 heteroatoms. The predicted octanol–water partition coefficient (Wildman–Crippen LogP) is 4.01. The van der Waals surface area contributed by atoms with Gasteiger partial charge in [0.25, 0.3) is 0 Å². The van der Waals surface area contributed by atoms with Crippen molar-refractivity contribution in [3.05, 3.63) is 49.6 Å². The summed E-state index contributed by atoms with van der Waals surface area (Å²) in [7, 11) is 1.76. The monoisotopic (exact) mass is 334 g/mol. The molecule has 0 fully saturated rings. The summed E-state index contributed by atoms with van der Waals surface area (Å²) in [6.07, 6.45) is 0. The van der Waals surface area contributed by atoms with Crippen molar-refractivity contribution in [2.75, 3.05) is 7.05 Å². The zero-order valence-corrected chi connectivity index (χ0v) is 12.0. The molecular weight excluding hydrogens is 327 g/mol. The lowest BCUT2D eigenvalue weighted by molar-refractivity contribution is 0.571. The second-order valence-corrected chi connectivity index (χ2v) is 5.35. The molecule has 0 aliphatic rings. The van der Waals surface area contributed by atoms with E-state index in [1.165, 1.54) is 11.3 Å². The van der Waals surface area contributed by atoms with Crippen molar-refractivity contribution < 1.29 is 4.39 Å². The van der Waals surface area contributed by atoms with E-state index in [-0.39, 0.29) is 11.1 Å². The largest absolute Gasteiger partial charge is 0.308 e. The molecule has 0 spiro atoms. The lowest BCUT2D eigenvalue weighted by Crippen LogP contribution is -2.19. The van der Waals surface area contributed by atoms with Crippen molar-refractivity contribution in [2.24, 2.45) is 0 Å². The fourth-order valence-electron chi connectivity index (χ4n) is 1.59. The van der Waals surface area contributed by atoms with E-state index >= 15 is 0 Å². The van der Waals surface area contributed by atoms with Gasteiger partial charge in [-0.3, -0.25) is 0 Å². The fourth-order valence-corrected chi connectivity index (χ4v) is 2.65. The van der Waals surface area contributed by atoms with Gasteiger partial charge in [-0.1, -0.05) is 17.7 Å². The Morgan fingerprint density at radius 3 is 2.88 bits per heavy atom. The van der Waals surface area contributed by atoms with Crippen molar-refractivity contribution >= 4 is 38.9 Å². The van der Waals surface area contributed by atoms with Crippen molar-refractivity contribution in [1.82, 2.24) is 10.3 Å². The minimum Gasteiger partial charge on any atom is -0.308 e. The van der Waals surface area contributed by atoms with Crippen molar-refractivity contribution in [3.63, 3.8) is 0 Å². The Kier molecular flexibility index (Phi) is 4.14.